The third-order valence-corrected chi connectivity index (χ3v) is 4.28. The number of para-hydroxylation sites is 1. The van der Waals surface area contributed by atoms with Crippen molar-refractivity contribution in [2.75, 3.05) is 18.5 Å². The number of rotatable bonds is 6. The topological polar surface area (TPSA) is 102 Å². The highest BCUT2D eigenvalue weighted by Gasteiger charge is 2.25. The van der Waals surface area contributed by atoms with Gasteiger partial charge in [-0.25, -0.2) is 10.6 Å². The van der Waals surface area contributed by atoms with Crippen LogP contribution >= 0.6 is 0 Å². The Hall–Kier alpha value is -2.41. The number of amides is 2. The van der Waals surface area contributed by atoms with Crippen LogP contribution in [-0.2, 0) is 9.53 Å². The van der Waals surface area contributed by atoms with E-state index in [1.165, 1.54) is 0 Å². The summed E-state index contributed by atoms with van der Waals surface area (Å²) < 4.78 is 4.76. The minimum absolute atomic E-state index is 0.000290. The Labute approximate surface area is 147 Å². The first-order valence-electron chi connectivity index (χ1n) is 8.65. The maximum atomic E-state index is 12.8. The molecule has 1 aliphatic rings. The second kappa shape index (κ2) is 9.17. The molecule has 25 heavy (non-hydrogen) atoms. The number of benzene rings is 1. The van der Waals surface area contributed by atoms with E-state index >= 15 is 0 Å². The highest BCUT2D eigenvalue weighted by molar-refractivity contribution is 6.05. The monoisotopic (exact) mass is 347 g/mol. The van der Waals surface area contributed by atoms with E-state index < -0.39 is 12.0 Å². The van der Waals surface area contributed by atoms with Crippen molar-refractivity contribution in [1.82, 2.24) is 5.01 Å². The molecule has 0 aromatic heterocycles. The molecule has 0 aliphatic heterocycles. The number of hydrogen-bond acceptors (Lipinski definition) is 5. The van der Waals surface area contributed by atoms with Crippen LogP contribution in [0.4, 0.5) is 10.5 Å². The third-order valence-electron chi connectivity index (χ3n) is 4.28. The zero-order valence-electron chi connectivity index (χ0n) is 14.5. The number of carbonyl (C=O) groups excluding carboxylic acids is 3. The van der Waals surface area contributed by atoms with E-state index in [0.717, 1.165) is 37.1 Å². The van der Waals surface area contributed by atoms with Crippen LogP contribution in [0, 0.1) is 5.92 Å². The molecule has 1 aliphatic carbocycles. The van der Waals surface area contributed by atoms with E-state index in [4.69, 9.17) is 10.6 Å². The lowest BCUT2D eigenvalue weighted by molar-refractivity contribution is -0.143. The van der Waals surface area contributed by atoms with E-state index in [9.17, 15) is 14.4 Å². The fourth-order valence-corrected chi connectivity index (χ4v) is 3.00. The van der Waals surface area contributed by atoms with Gasteiger partial charge in [0.15, 0.2) is 5.78 Å². The van der Waals surface area contributed by atoms with Gasteiger partial charge >= 0.3 is 12.0 Å². The molecule has 2 rings (SSSR count). The minimum Gasteiger partial charge on any atom is -0.465 e. The second-order valence-electron chi connectivity index (χ2n) is 6.11. The van der Waals surface area contributed by atoms with Crippen LogP contribution < -0.4 is 11.2 Å². The van der Waals surface area contributed by atoms with Gasteiger partial charge in [-0.15, -0.1) is 0 Å². The summed E-state index contributed by atoms with van der Waals surface area (Å²) in [5, 5.41) is 3.35. The molecule has 2 amide bonds. The fraction of sp³-hybridized carbons (Fsp3) is 0.500. The molecule has 1 fully saturated rings. The lowest BCUT2D eigenvalue weighted by Crippen LogP contribution is -2.44. The largest absolute Gasteiger partial charge is 0.465 e. The zero-order chi connectivity index (χ0) is 18.2. The molecule has 0 atom stereocenters. The first kappa shape index (κ1) is 18.9. The quantitative estimate of drug-likeness (QED) is 0.271. The maximum absolute atomic E-state index is 12.8. The van der Waals surface area contributed by atoms with Gasteiger partial charge in [-0.2, -0.15) is 0 Å². The molecule has 7 nitrogen and oxygen atoms in total. The van der Waals surface area contributed by atoms with Crippen molar-refractivity contribution in [2.45, 2.75) is 39.0 Å². The number of hydrogen-bond donors (Lipinski definition) is 2. The molecule has 7 heteroatoms. The Kier molecular flexibility index (Phi) is 6.94. The van der Waals surface area contributed by atoms with Crippen molar-refractivity contribution >= 4 is 23.5 Å². The summed E-state index contributed by atoms with van der Waals surface area (Å²) in [5.41, 5.74) is 0.884. The molecule has 0 bridgehead atoms. The first-order valence-corrected chi connectivity index (χ1v) is 8.65. The second-order valence-corrected chi connectivity index (χ2v) is 6.11. The Morgan fingerprint density at radius 2 is 1.88 bits per heavy atom. The molecule has 1 aromatic rings. The van der Waals surface area contributed by atoms with E-state index in [1.54, 1.807) is 31.2 Å². The van der Waals surface area contributed by atoms with Gasteiger partial charge in [0.2, 0.25) is 0 Å². The summed E-state index contributed by atoms with van der Waals surface area (Å²) in [6, 6.07) is 6.20. The molecule has 0 saturated heterocycles. The van der Waals surface area contributed by atoms with Gasteiger partial charge in [-0.3, -0.25) is 14.6 Å². The number of anilines is 1. The van der Waals surface area contributed by atoms with Gasteiger partial charge in [0.05, 0.1) is 12.3 Å². The van der Waals surface area contributed by atoms with Crippen molar-refractivity contribution in [3.63, 3.8) is 0 Å². The molecule has 1 aromatic carbocycles. The van der Waals surface area contributed by atoms with Gasteiger partial charge < -0.3 is 10.1 Å². The van der Waals surface area contributed by atoms with Crippen molar-refractivity contribution in [3.05, 3.63) is 29.8 Å². The van der Waals surface area contributed by atoms with Crippen molar-refractivity contribution in [1.29, 1.82) is 0 Å². The zero-order valence-corrected chi connectivity index (χ0v) is 14.5. The summed E-state index contributed by atoms with van der Waals surface area (Å²) in [4.78, 5) is 36.4. The number of esters is 1. The standard InChI is InChI=1S/C18H25N3O4/c1-2-25-16(22)12-21(19)18(24)20-15-11-7-6-10-14(15)17(23)13-8-4-3-5-9-13/h6-7,10-11,13H,2-5,8-9,12,19H2,1H3,(H,20,24). The van der Waals surface area contributed by atoms with Crippen LogP contribution in [0.5, 0.6) is 0 Å². The van der Waals surface area contributed by atoms with Crippen LogP contribution in [0.3, 0.4) is 0 Å². The third kappa shape index (κ3) is 5.29. The van der Waals surface area contributed by atoms with Crippen molar-refractivity contribution < 1.29 is 19.1 Å². The van der Waals surface area contributed by atoms with E-state index in [1.807, 2.05) is 0 Å². The molecule has 1 saturated carbocycles. The normalized spacial score (nSPS) is 14.6. The Morgan fingerprint density at radius 1 is 1.20 bits per heavy atom. The van der Waals surface area contributed by atoms with Gasteiger partial charge in [0.1, 0.15) is 6.54 Å². The number of nitrogens with one attached hydrogen (secondary N) is 1. The number of urea groups is 1. The summed E-state index contributed by atoms with van der Waals surface area (Å²) in [7, 11) is 0. The fourth-order valence-electron chi connectivity index (χ4n) is 3.00. The smallest absolute Gasteiger partial charge is 0.336 e. The molecule has 0 radical (unpaired) electrons. The van der Waals surface area contributed by atoms with Crippen LogP contribution in [-0.4, -0.2) is 35.9 Å². The predicted octanol–water partition coefficient (Wildman–Crippen LogP) is 2.72. The summed E-state index contributed by atoms with van der Waals surface area (Å²) in [6.45, 7) is 1.53. The summed E-state index contributed by atoms with van der Waals surface area (Å²) in [6.07, 6.45) is 5.04. The van der Waals surface area contributed by atoms with E-state index in [2.05, 4.69) is 5.32 Å². The molecule has 0 heterocycles. The summed E-state index contributed by atoms with van der Waals surface area (Å²) >= 11 is 0. The lowest BCUT2D eigenvalue weighted by atomic mass is 9.83. The number of ketones is 1. The Balaban J connectivity index is 2.05. The van der Waals surface area contributed by atoms with Crippen LogP contribution in [0.1, 0.15) is 49.4 Å². The molecule has 3 N–H and O–H groups in total. The van der Waals surface area contributed by atoms with E-state index in [0.29, 0.717) is 11.3 Å². The predicted molar refractivity (Wildman–Crippen MR) is 93.9 cm³/mol. The maximum Gasteiger partial charge on any atom is 0.336 e. The average molecular weight is 347 g/mol. The molecular formula is C18H25N3O4. The van der Waals surface area contributed by atoms with Gasteiger partial charge in [0, 0.05) is 11.5 Å². The molecule has 136 valence electrons. The van der Waals surface area contributed by atoms with Gasteiger partial charge in [-0.05, 0) is 31.9 Å². The molecule has 0 spiro atoms. The van der Waals surface area contributed by atoms with Gasteiger partial charge in [-0.1, -0.05) is 31.4 Å². The minimum atomic E-state index is -0.669. The SMILES string of the molecule is CCOC(=O)CN(N)C(=O)Nc1ccccc1C(=O)C1CCCCC1. The lowest BCUT2D eigenvalue weighted by Gasteiger charge is -2.22. The number of nitrogens with two attached hydrogens (primary N) is 1. The van der Waals surface area contributed by atoms with E-state index in [-0.39, 0.29) is 24.9 Å². The van der Waals surface area contributed by atoms with Crippen LogP contribution in [0.2, 0.25) is 0 Å². The Morgan fingerprint density at radius 3 is 2.56 bits per heavy atom. The summed E-state index contributed by atoms with van der Waals surface area (Å²) in [5.74, 6) is 5.06. The number of ether oxygens (including phenoxy) is 1. The first-order chi connectivity index (χ1) is 12.0. The van der Waals surface area contributed by atoms with Crippen molar-refractivity contribution in [3.8, 4) is 0 Å². The van der Waals surface area contributed by atoms with Gasteiger partial charge in [0.25, 0.3) is 0 Å². The Bertz CT molecular complexity index is 627. The molecule has 0 unspecified atom stereocenters. The van der Waals surface area contributed by atoms with Crippen molar-refractivity contribution in [2.24, 2.45) is 11.8 Å². The van der Waals surface area contributed by atoms with Crippen LogP contribution in [0.25, 0.3) is 0 Å². The van der Waals surface area contributed by atoms with Crippen LogP contribution in [0.15, 0.2) is 24.3 Å². The average Bonchev–Trinajstić information content (AvgIpc) is 2.62. The highest BCUT2D eigenvalue weighted by Crippen LogP contribution is 2.29. The molecular weight excluding hydrogens is 322 g/mol. The number of hydrazine groups is 1. The number of Topliss-reactive ketones (excluding diaryl/α,β-unsaturated/α-hetero) is 1. The number of nitrogens with zero attached hydrogens (tertiary/aromatic N) is 1. The highest BCUT2D eigenvalue weighted by atomic mass is 16.5. The number of carbonyl (C=O) groups is 3.